The molecule has 348 valence electrons. The summed E-state index contributed by atoms with van der Waals surface area (Å²) < 4.78 is 32.6. The topological polar surface area (TPSA) is 185 Å². The SMILES string of the molecule is COc1cc(/C=C/C(=O)/C=C(O)/C=C/c2ccc(OC(=O)CNC(=O)OCC3c4ccccc4-c4ccccc43)c(OC)c2)ccc1OC(=O)CNC(=O)OCC1c2ccccc2-c2ccccc21. The van der Waals surface area contributed by atoms with Crippen molar-refractivity contribution in [1.29, 1.82) is 0 Å². The second-order valence-electron chi connectivity index (χ2n) is 15.8. The normalized spacial score (nSPS) is 12.6. The summed E-state index contributed by atoms with van der Waals surface area (Å²) in [5, 5.41) is 15.3. The molecule has 6 aromatic rings. The van der Waals surface area contributed by atoms with Crippen molar-refractivity contribution in [2.75, 3.05) is 40.5 Å². The number of allylic oxidation sites excluding steroid dienone is 3. The van der Waals surface area contributed by atoms with Crippen LogP contribution in [0.5, 0.6) is 23.0 Å². The van der Waals surface area contributed by atoms with Gasteiger partial charge in [-0.2, -0.15) is 0 Å². The van der Waals surface area contributed by atoms with Gasteiger partial charge < -0.3 is 44.2 Å². The average Bonchev–Trinajstić information content (AvgIpc) is 3.87. The number of carbonyl (C=O) groups excluding carboxylic acids is 5. The molecule has 14 nitrogen and oxygen atoms in total. The second kappa shape index (κ2) is 21.6. The number of ether oxygens (including phenoxy) is 6. The minimum atomic E-state index is -0.766. The van der Waals surface area contributed by atoms with E-state index < -0.39 is 43.0 Å². The first-order valence-electron chi connectivity index (χ1n) is 21.8. The lowest BCUT2D eigenvalue weighted by atomic mass is 9.98. The predicted octanol–water partition coefficient (Wildman–Crippen LogP) is 9.33. The van der Waals surface area contributed by atoms with Gasteiger partial charge in [-0.3, -0.25) is 4.79 Å². The van der Waals surface area contributed by atoms with Gasteiger partial charge in [0.2, 0.25) is 0 Å². The maximum Gasteiger partial charge on any atom is 0.407 e. The molecule has 6 aromatic carbocycles. The van der Waals surface area contributed by atoms with Crippen LogP contribution in [0, 0.1) is 0 Å². The molecule has 2 amide bonds. The van der Waals surface area contributed by atoms with Crippen LogP contribution in [-0.4, -0.2) is 75.5 Å². The lowest BCUT2D eigenvalue weighted by Gasteiger charge is -2.14. The smallest absolute Gasteiger partial charge is 0.407 e. The number of aliphatic hydroxyl groups is 1. The van der Waals surface area contributed by atoms with Gasteiger partial charge in [-0.25, -0.2) is 19.2 Å². The molecule has 0 bridgehead atoms. The quantitative estimate of drug-likeness (QED) is 0.0259. The molecule has 0 aliphatic heterocycles. The Morgan fingerprint density at radius 3 is 1.28 bits per heavy atom. The van der Waals surface area contributed by atoms with E-state index in [-0.39, 0.29) is 53.8 Å². The highest BCUT2D eigenvalue weighted by atomic mass is 16.6. The number of fused-ring (bicyclic) bond motifs is 6. The highest BCUT2D eigenvalue weighted by Gasteiger charge is 2.30. The fraction of sp³-hybridized carbons (Fsp3) is 0.145. The van der Waals surface area contributed by atoms with Crippen molar-refractivity contribution in [1.82, 2.24) is 10.6 Å². The first-order valence-corrected chi connectivity index (χ1v) is 21.8. The third-order valence-corrected chi connectivity index (χ3v) is 11.4. The van der Waals surface area contributed by atoms with E-state index in [0.717, 1.165) is 50.6 Å². The monoisotopic (exact) mass is 926 g/mol. The van der Waals surface area contributed by atoms with Gasteiger partial charge in [0.25, 0.3) is 0 Å². The van der Waals surface area contributed by atoms with Gasteiger partial charge in [0, 0.05) is 17.9 Å². The number of alkyl carbamates (subject to hydrolysis) is 2. The van der Waals surface area contributed by atoms with Crippen molar-refractivity contribution in [3.63, 3.8) is 0 Å². The summed E-state index contributed by atoms with van der Waals surface area (Å²) in [5.74, 6) is -2.06. The molecule has 0 atom stereocenters. The van der Waals surface area contributed by atoms with Crippen LogP contribution in [0.3, 0.4) is 0 Å². The molecule has 3 N–H and O–H groups in total. The first kappa shape index (κ1) is 46.6. The number of hydrogen-bond acceptors (Lipinski definition) is 12. The van der Waals surface area contributed by atoms with E-state index in [4.69, 9.17) is 28.4 Å². The van der Waals surface area contributed by atoms with Gasteiger partial charge in [-0.05, 0) is 92.1 Å². The van der Waals surface area contributed by atoms with Crippen molar-refractivity contribution in [2.24, 2.45) is 0 Å². The number of ketones is 1. The lowest BCUT2D eigenvalue weighted by molar-refractivity contribution is -0.134. The van der Waals surface area contributed by atoms with E-state index in [1.165, 1.54) is 50.7 Å². The van der Waals surface area contributed by atoms with Crippen molar-refractivity contribution in [2.45, 2.75) is 11.8 Å². The summed E-state index contributed by atoms with van der Waals surface area (Å²) in [7, 11) is 2.78. The Kier molecular flexibility index (Phi) is 14.6. The van der Waals surface area contributed by atoms with Gasteiger partial charge in [0.15, 0.2) is 28.8 Å². The van der Waals surface area contributed by atoms with E-state index in [1.54, 1.807) is 24.3 Å². The zero-order valence-corrected chi connectivity index (χ0v) is 37.5. The van der Waals surface area contributed by atoms with Crippen LogP contribution in [0.4, 0.5) is 9.59 Å². The van der Waals surface area contributed by atoms with E-state index in [1.807, 2.05) is 97.1 Å². The summed E-state index contributed by atoms with van der Waals surface area (Å²) in [5.41, 5.74) is 9.74. The Labute approximate surface area is 397 Å². The Hall–Kier alpha value is -8.91. The number of benzene rings is 6. The molecule has 0 saturated carbocycles. The van der Waals surface area contributed by atoms with Crippen LogP contribution in [0.25, 0.3) is 34.4 Å². The predicted molar refractivity (Wildman–Crippen MR) is 257 cm³/mol. The standard InChI is InChI=1S/C55H46N2O12/c1-64-50-27-34(21-25-48(50)68-52(60)30-56-54(62)66-32-46-42-15-7-3-11-38(42)39-12-4-8-16-43(39)46)19-23-36(58)29-37(59)24-20-35-22-26-49(51(28-35)65-2)69-53(61)31-57-55(63)67-33-47-44-17-9-5-13-40(44)41-14-6-10-18-45(41)47/h3-29,46-47,58H,30-33H2,1-2H3,(H,56,62)(H,57,63)/b23-19+,24-20+,36-29-. The van der Waals surface area contributed by atoms with Crippen LogP contribution < -0.4 is 29.6 Å². The lowest BCUT2D eigenvalue weighted by Crippen LogP contribution is -2.33. The Balaban J connectivity index is 0.767. The highest BCUT2D eigenvalue weighted by Crippen LogP contribution is 2.46. The summed E-state index contributed by atoms with van der Waals surface area (Å²) >= 11 is 0. The van der Waals surface area contributed by atoms with Crippen LogP contribution in [0.15, 0.2) is 157 Å². The zero-order valence-electron chi connectivity index (χ0n) is 37.5. The number of rotatable bonds is 17. The largest absolute Gasteiger partial charge is 0.508 e. The summed E-state index contributed by atoms with van der Waals surface area (Å²) in [6.45, 7) is -0.724. The molecule has 14 heteroatoms. The second-order valence-corrected chi connectivity index (χ2v) is 15.8. The number of amides is 2. The number of esters is 2. The minimum absolute atomic E-state index is 0.0916. The maximum absolute atomic E-state index is 12.7. The van der Waals surface area contributed by atoms with E-state index in [2.05, 4.69) is 10.6 Å². The number of methoxy groups -OCH3 is 2. The van der Waals surface area contributed by atoms with Gasteiger partial charge in [0.05, 0.1) is 14.2 Å². The number of aliphatic hydroxyl groups excluding tert-OH is 1. The summed E-state index contributed by atoms with van der Waals surface area (Å²) in [6.07, 6.45) is 5.03. The van der Waals surface area contributed by atoms with Gasteiger partial charge in [0.1, 0.15) is 32.1 Å². The third kappa shape index (κ3) is 11.2. The molecule has 2 aliphatic carbocycles. The molecule has 0 radical (unpaired) electrons. The van der Waals surface area contributed by atoms with Crippen molar-refractivity contribution < 1.29 is 57.5 Å². The van der Waals surface area contributed by atoms with Crippen molar-refractivity contribution in [3.8, 4) is 45.3 Å². The van der Waals surface area contributed by atoms with Crippen LogP contribution in [-0.2, 0) is 23.9 Å². The molecular formula is C55H46N2O12. The first-order chi connectivity index (χ1) is 33.6. The summed E-state index contributed by atoms with van der Waals surface area (Å²) in [4.78, 5) is 63.1. The minimum Gasteiger partial charge on any atom is -0.508 e. The number of carbonyl (C=O) groups is 5. The molecule has 0 fully saturated rings. The van der Waals surface area contributed by atoms with Crippen LogP contribution >= 0.6 is 0 Å². The highest BCUT2D eigenvalue weighted by molar-refractivity contribution is 6.02. The van der Waals surface area contributed by atoms with E-state index in [0.29, 0.717) is 11.1 Å². The van der Waals surface area contributed by atoms with Crippen molar-refractivity contribution in [3.05, 3.63) is 191 Å². The van der Waals surface area contributed by atoms with E-state index >= 15 is 0 Å². The van der Waals surface area contributed by atoms with Gasteiger partial charge in [-0.1, -0.05) is 121 Å². The molecule has 2 aliphatic rings. The number of hydrogen-bond donors (Lipinski definition) is 3. The number of nitrogens with one attached hydrogen (secondary N) is 2. The molecule has 8 rings (SSSR count). The average molecular weight is 927 g/mol. The molecule has 0 aromatic heterocycles. The molecule has 69 heavy (non-hydrogen) atoms. The van der Waals surface area contributed by atoms with E-state index in [9.17, 15) is 29.1 Å². The molecular weight excluding hydrogens is 881 g/mol. The third-order valence-electron chi connectivity index (χ3n) is 11.4. The molecule has 0 heterocycles. The fourth-order valence-corrected chi connectivity index (χ4v) is 8.25. The Morgan fingerprint density at radius 1 is 0.507 bits per heavy atom. The van der Waals surface area contributed by atoms with Gasteiger partial charge >= 0.3 is 24.1 Å². The fourth-order valence-electron chi connectivity index (χ4n) is 8.25. The molecule has 0 spiro atoms. The Morgan fingerprint density at radius 2 is 0.884 bits per heavy atom. The zero-order chi connectivity index (χ0) is 48.3. The van der Waals surface area contributed by atoms with Gasteiger partial charge in [-0.15, -0.1) is 0 Å². The van der Waals surface area contributed by atoms with Crippen LogP contribution in [0.1, 0.15) is 45.2 Å². The maximum atomic E-state index is 12.7. The molecule has 0 unspecified atom stereocenters. The van der Waals surface area contributed by atoms with Crippen molar-refractivity contribution >= 4 is 42.1 Å². The molecule has 0 saturated heterocycles. The van der Waals surface area contributed by atoms with Crippen LogP contribution in [0.2, 0.25) is 0 Å². The summed E-state index contributed by atoms with van der Waals surface area (Å²) in [6, 6.07) is 41.1. The Bertz CT molecular complexity index is 2940.